The lowest BCUT2D eigenvalue weighted by Gasteiger charge is -2.21. The molecule has 0 unspecified atom stereocenters. The molecule has 0 aliphatic heterocycles. The van der Waals surface area contributed by atoms with Crippen molar-refractivity contribution in [3.8, 4) is 11.1 Å². The summed E-state index contributed by atoms with van der Waals surface area (Å²) in [6, 6.07) is 18.2. The fraction of sp³-hybridized carbons (Fsp3) is 0.333. The minimum atomic E-state index is 0.0682. The first-order valence-corrected chi connectivity index (χ1v) is 9.82. The minimum Gasteiger partial charge on any atom is -0.315 e. The predicted octanol–water partition coefficient (Wildman–Crippen LogP) is 5.03. The molecule has 0 spiro atoms. The minimum absolute atomic E-state index is 0.0682. The zero-order chi connectivity index (χ0) is 20.3. The number of rotatable bonds is 6. The first-order valence-electron chi connectivity index (χ1n) is 9.82. The Morgan fingerprint density at radius 1 is 1.04 bits per heavy atom. The predicted molar refractivity (Wildman–Crippen MR) is 116 cm³/mol. The van der Waals surface area contributed by atoms with Crippen LogP contribution in [-0.2, 0) is 17.8 Å². The maximum atomic E-state index is 13.1. The molecule has 1 aromatic heterocycles. The van der Waals surface area contributed by atoms with Crippen LogP contribution in [0.3, 0.4) is 0 Å². The van der Waals surface area contributed by atoms with Crippen LogP contribution in [-0.4, -0.2) is 22.7 Å². The second kappa shape index (κ2) is 8.42. The Bertz CT molecular complexity index is 957. The molecule has 0 aliphatic carbocycles. The highest BCUT2D eigenvalue weighted by molar-refractivity contribution is 5.98. The maximum absolute atomic E-state index is 13.1. The van der Waals surface area contributed by atoms with Crippen molar-refractivity contribution in [3.63, 3.8) is 0 Å². The first kappa shape index (κ1) is 19.9. The van der Waals surface area contributed by atoms with Gasteiger partial charge in [0, 0.05) is 30.4 Å². The summed E-state index contributed by atoms with van der Waals surface area (Å²) in [5.41, 5.74) is 6.15. The van der Waals surface area contributed by atoms with Gasteiger partial charge in [0.2, 0.25) is 5.91 Å². The molecular formula is C24H29N3O. The SMILES string of the molecule is Cc1nn(CC(C)C)c(C)c1CC(=O)N(C)c1ccccc1-c1ccccc1. The molecule has 0 atom stereocenters. The van der Waals surface area contributed by atoms with E-state index < -0.39 is 0 Å². The molecule has 2 aromatic carbocycles. The summed E-state index contributed by atoms with van der Waals surface area (Å²) in [6.45, 7) is 9.27. The number of likely N-dealkylation sites (N-methyl/N-ethyl adjacent to an activating group) is 1. The number of aryl methyl sites for hydroxylation is 1. The molecule has 0 radical (unpaired) electrons. The number of anilines is 1. The van der Waals surface area contributed by atoms with Crippen molar-refractivity contribution in [3.05, 3.63) is 71.5 Å². The average molecular weight is 376 g/mol. The number of para-hydroxylation sites is 1. The lowest BCUT2D eigenvalue weighted by Crippen LogP contribution is -2.28. The van der Waals surface area contributed by atoms with Crippen LogP contribution in [0.5, 0.6) is 0 Å². The molecule has 3 aromatic rings. The van der Waals surface area contributed by atoms with E-state index in [0.717, 1.165) is 40.3 Å². The Hall–Kier alpha value is -2.88. The summed E-state index contributed by atoms with van der Waals surface area (Å²) in [7, 11) is 1.85. The van der Waals surface area contributed by atoms with Crippen molar-refractivity contribution in [1.82, 2.24) is 9.78 Å². The van der Waals surface area contributed by atoms with E-state index in [4.69, 9.17) is 0 Å². The van der Waals surface area contributed by atoms with Gasteiger partial charge in [0.05, 0.1) is 17.8 Å². The maximum Gasteiger partial charge on any atom is 0.231 e. The van der Waals surface area contributed by atoms with Gasteiger partial charge in [0.1, 0.15) is 0 Å². The van der Waals surface area contributed by atoms with Crippen LogP contribution in [0.1, 0.15) is 30.8 Å². The zero-order valence-electron chi connectivity index (χ0n) is 17.4. The van der Waals surface area contributed by atoms with Crippen molar-refractivity contribution in [1.29, 1.82) is 0 Å². The Morgan fingerprint density at radius 2 is 1.68 bits per heavy atom. The summed E-state index contributed by atoms with van der Waals surface area (Å²) >= 11 is 0. The molecule has 0 saturated heterocycles. The molecule has 4 heteroatoms. The summed E-state index contributed by atoms with van der Waals surface area (Å²) < 4.78 is 2.03. The van der Waals surface area contributed by atoms with Crippen LogP contribution >= 0.6 is 0 Å². The fourth-order valence-electron chi connectivity index (χ4n) is 3.55. The van der Waals surface area contributed by atoms with Crippen LogP contribution in [0.4, 0.5) is 5.69 Å². The number of benzene rings is 2. The highest BCUT2D eigenvalue weighted by Crippen LogP contribution is 2.30. The topological polar surface area (TPSA) is 38.1 Å². The molecule has 1 heterocycles. The molecule has 28 heavy (non-hydrogen) atoms. The molecule has 0 fully saturated rings. The zero-order valence-corrected chi connectivity index (χ0v) is 17.4. The monoisotopic (exact) mass is 375 g/mol. The smallest absolute Gasteiger partial charge is 0.231 e. The number of hydrogen-bond acceptors (Lipinski definition) is 2. The lowest BCUT2D eigenvalue weighted by molar-refractivity contribution is -0.117. The fourth-order valence-corrected chi connectivity index (χ4v) is 3.55. The molecule has 146 valence electrons. The van der Waals surface area contributed by atoms with Crippen molar-refractivity contribution in [2.24, 2.45) is 5.92 Å². The van der Waals surface area contributed by atoms with Gasteiger partial charge in [-0.25, -0.2) is 0 Å². The normalized spacial score (nSPS) is 11.1. The van der Waals surface area contributed by atoms with Gasteiger partial charge in [-0.3, -0.25) is 9.48 Å². The van der Waals surface area contributed by atoms with Gasteiger partial charge in [-0.1, -0.05) is 62.4 Å². The second-order valence-electron chi connectivity index (χ2n) is 7.74. The standard InChI is InChI=1S/C24H29N3O/c1-17(2)16-27-19(4)22(18(3)25-27)15-24(28)26(5)23-14-10-9-13-21(23)20-11-7-6-8-12-20/h6-14,17H,15-16H2,1-5H3. The number of amides is 1. The number of carbonyl (C=O) groups excluding carboxylic acids is 1. The molecule has 1 amide bonds. The van der Waals surface area contributed by atoms with Gasteiger partial charge < -0.3 is 4.90 Å². The van der Waals surface area contributed by atoms with Crippen LogP contribution in [0.15, 0.2) is 54.6 Å². The Kier molecular flexibility index (Phi) is 5.98. The lowest BCUT2D eigenvalue weighted by atomic mass is 10.0. The molecule has 0 aliphatic rings. The molecule has 4 nitrogen and oxygen atoms in total. The van der Waals surface area contributed by atoms with Crippen molar-refractivity contribution in [2.75, 3.05) is 11.9 Å². The third-order valence-electron chi connectivity index (χ3n) is 5.12. The van der Waals surface area contributed by atoms with E-state index in [2.05, 4.69) is 44.1 Å². The quantitative estimate of drug-likeness (QED) is 0.606. The van der Waals surface area contributed by atoms with Crippen molar-refractivity contribution >= 4 is 11.6 Å². The summed E-state index contributed by atoms with van der Waals surface area (Å²) in [5, 5.41) is 4.65. The van der Waals surface area contributed by atoms with E-state index in [1.165, 1.54) is 0 Å². The number of aromatic nitrogens is 2. The Morgan fingerprint density at radius 3 is 2.36 bits per heavy atom. The van der Waals surface area contributed by atoms with Crippen LogP contribution in [0.2, 0.25) is 0 Å². The van der Waals surface area contributed by atoms with Gasteiger partial charge in [0.25, 0.3) is 0 Å². The summed E-state index contributed by atoms with van der Waals surface area (Å²) in [6.07, 6.45) is 0.357. The van der Waals surface area contributed by atoms with Gasteiger partial charge >= 0.3 is 0 Å². The highest BCUT2D eigenvalue weighted by atomic mass is 16.2. The van der Waals surface area contributed by atoms with E-state index in [0.29, 0.717) is 12.3 Å². The third kappa shape index (κ3) is 4.16. The van der Waals surface area contributed by atoms with E-state index >= 15 is 0 Å². The highest BCUT2D eigenvalue weighted by Gasteiger charge is 2.20. The van der Waals surface area contributed by atoms with Gasteiger partial charge in [-0.15, -0.1) is 0 Å². The number of carbonyl (C=O) groups is 1. The van der Waals surface area contributed by atoms with Crippen molar-refractivity contribution in [2.45, 2.75) is 40.7 Å². The van der Waals surface area contributed by atoms with E-state index in [1.807, 2.05) is 55.1 Å². The summed E-state index contributed by atoms with van der Waals surface area (Å²) in [5.74, 6) is 0.584. The molecule has 0 N–H and O–H groups in total. The van der Waals surface area contributed by atoms with E-state index in [1.54, 1.807) is 4.90 Å². The van der Waals surface area contributed by atoms with Crippen LogP contribution in [0.25, 0.3) is 11.1 Å². The Labute approximate surface area is 167 Å². The van der Waals surface area contributed by atoms with Crippen LogP contribution in [0, 0.1) is 19.8 Å². The van der Waals surface area contributed by atoms with Gasteiger partial charge in [0.15, 0.2) is 0 Å². The average Bonchev–Trinajstić information content (AvgIpc) is 2.94. The number of nitrogens with zero attached hydrogens (tertiary/aromatic N) is 3. The molecule has 0 saturated carbocycles. The molecular weight excluding hydrogens is 346 g/mol. The largest absolute Gasteiger partial charge is 0.315 e. The number of hydrogen-bond donors (Lipinski definition) is 0. The van der Waals surface area contributed by atoms with E-state index in [9.17, 15) is 4.79 Å². The Balaban J connectivity index is 1.86. The van der Waals surface area contributed by atoms with E-state index in [-0.39, 0.29) is 5.91 Å². The third-order valence-corrected chi connectivity index (χ3v) is 5.12. The molecule has 0 bridgehead atoms. The summed E-state index contributed by atoms with van der Waals surface area (Å²) in [4.78, 5) is 14.9. The molecule has 3 rings (SSSR count). The van der Waals surface area contributed by atoms with Crippen molar-refractivity contribution < 1.29 is 4.79 Å². The van der Waals surface area contributed by atoms with Crippen LogP contribution < -0.4 is 4.90 Å². The first-order chi connectivity index (χ1) is 13.4. The van der Waals surface area contributed by atoms with Gasteiger partial charge in [-0.05, 0) is 31.4 Å². The van der Waals surface area contributed by atoms with Gasteiger partial charge in [-0.2, -0.15) is 5.10 Å². The second-order valence-corrected chi connectivity index (χ2v) is 7.74.